The number of anilines is 1. The average molecular weight is 574 g/mol. The Bertz CT molecular complexity index is 1580. The van der Waals surface area contributed by atoms with Gasteiger partial charge in [-0.25, -0.2) is 14.2 Å². The van der Waals surface area contributed by atoms with Crippen molar-refractivity contribution < 1.29 is 28.2 Å². The predicted molar refractivity (Wildman–Crippen MR) is 158 cm³/mol. The van der Waals surface area contributed by atoms with E-state index in [2.05, 4.69) is 0 Å². The summed E-state index contributed by atoms with van der Waals surface area (Å²) in [5.41, 5.74) is 3.02. The molecule has 2 aromatic heterocycles. The van der Waals surface area contributed by atoms with Crippen molar-refractivity contribution in [3.8, 4) is 5.75 Å². The number of esters is 1. The summed E-state index contributed by atoms with van der Waals surface area (Å²) in [6, 6.07) is 17.6. The smallest absolute Gasteiger partial charge is 0.416 e. The van der Waals surface area contributed by atoms with Crippen molar-refractivity contribution in [1.82, 2.24) is 9.55 Å². The highest BCUT2D eigenvalue weighted by atomic mass is 19.1. The number of halogens is 1. The molecule has 1 aliphatic rings. The molecule has 0 N–H and O–H groups in total. The van der Waals surface area contributed by atoms with Crippen LogP contribution in [0.2, 0.25) is 0 Å². The molecule has 1 unspecified atom stereocenters. The Morgan fingerprint density at radius 2 is 1.83 bits per heavy atom. The summed E-state index contributed by atoms with van der Waals surface area (Å²) in [6.45, 7) is 6.56. The van der Waals surface area contributed by atoms with Gasteiger partial charge in [0, 0.05) is 35.8 Å². The van der Waals surface area contributed by atoms with Crippen molar-refractivity contribution in [3.05, 3.63) is 89.5 Å². The van der Waals surface area contributed by atoms with E-state index < -0.39 is 5.60 Å². The Labute approximate surface area is 245 Å². The number of ether oxygens (including phenoxy) is 3. The topological polar surface area (TPSA) is 82.9 Å². The molecule has 9 heteroatoms. The standard InChI is InChI=1S/C33H36FN3O5/c1-33(2,3)42-32(39)37-17-5-6-23-9-12-26(35-31(23)37)16-19-41-27-13-14-28-24(20-27)15-18-36(28)29(21-30(38)40-4)22-7-10-25(34)11-8-22/h7-15,18,20,29H,5-6,16-17,19,21H2,1-4H3. The summed E-state index contributed by atoms with van der Waals surface area (Å²) in [6.07, 6.45) is 3.97. The van der Waals surface area contributed by atoms with Crippen molar-refractivity contribution in [2.45, 2.75) is 58.1 Å². The lowest BCUT2D eigenvalue weighted by Gasteiger charge is -2.31. The number of carbonyl (C=O) groups excluding carboxylic acids is 2. The number of hydrogen-bond acceptors (Lipinski definition) is 6. The highest BCUT2D eigenvalue weighted by molar-refractivity contribution is 5.88. The number of amides is 1. The Morgan fingerprint density at radius 1 is 1.05 bits per heavy atom. The van der Waals surface area contributed by atoms with E-state index in [1.165, 1.54) is 19.2 Å². The highest BCUT2D eigenvalue weighted by Gasteiger charge is 2.28. The second-order valence-electron chi connectivity index (χ2n) is 11.4. The second-order valence-corrected chi connectivity index (χ2v) is 11.4. The van der Waals surface area contributed by atoms with Gasteiger partial charge in [-0.15, -0.1) is 0 Å². The van der Waals surface area contributed by atoms with Gasteiger partial charge in [0.1, 0.15) is 23.0 Å². The zero-order valence-electron chi connectivity index (χ0n) is 24.4. The average Bonchev–Trinajstić information content (AvgIpc) is 3.38. The van der Waals surface area contributed by atoms with Gasteiger partial charge in [0.25, 0.3) is 0 Å². The van der Waals surface area contributed by atoms with Gasteiger partial charge in [-0.2, -0.15) is 0 Å². The number of methoxy groups -OCH3 is 1. The van der Waals surface area contributed by atoms with E-state index in [0.29, 0.717) is 31.1 Å². The summed E-state index contributed by atoms with van der Waals surface area (Å²) in [7, 11) is 1.36. The van der Waals surface area contributed by atoms with Crippen LogP contribution in [0.1, 0.15) is 56.5 Å². The molecular formula is C33H36FN3O5. The minimum atomic E-state index is -0.578. The van der Waals surface area contributed by atoms with Crippen LogP contribution in [0.3, 0.4) is 0 Å². The number of rotatable bonds is 8. The fourth-order valence-corrected chi connectivity index (χ4v) is 5.19. The molecule has 1 amide bonds. The van der Waals surface area contributed by atoms with E-state index in [1.807, 2.05) is 67.9 Å². The molecular weight excluding hydrogens is 537 g/mol. The minimum absolute atomic E-state index is 0.114. The molecule has 0 aliphatic carbocycles. The van der Waals surface area contributed by atoms with Gasteiger partial charge in [0.2, 0.25) is 0 Å². The minimum Gasteiger partial charge on any atom is -0.493 e. The van der Waals surface area contributed by atoms with Crippen LogP contribution in [0.5, 0.6) is 5.75 Å². The van der Waals surface area contributed by atoms with Gasteiger partial charge in [0.05, 0.1) is 26.2 Å². The molecule has 0 saturated heterocycles. The number of aryl methyl sites for hydroxylation is 1. The molecule has 42 heavy (non-hydrogen) atoms. The van der Waals surface area contributed by atoms with Gasteiger partial charge in [-0.3, -0.25) is 9.69 Å². The van der Waals surface area contributed by atoms with E-state index in [0.717, 1.165) is 40.6 Å². The third-order valence-electron chi connectivity index (χ3n) is 7.21. The van der Waals surface area contributed by atoms with Crippen molar-refractivity contribution in [1.29, 1.82) is 0 Å². The van der Waals surface area contributed by atoms with Gasteiger partial charge in [-0.05, 0) is 87.2 Å². The first kappa shape index (κ1) is 29.1. The molecule has 5 rings (SSSR count). The maximum absolute atomic E-state index is 13.6. The maximum atomic E-state index is 13.6. The summed E-state index contributed by atoms with van der Waals surface area (Å²) in [5, 5.41) is 0.949. The van der Waals surface area contributed by atoms with Crippen LogP contribution >= 0.6 is 0 Å². The zero-order valence-corrected chi connectivity index (χ0v) is 24.4. The summed E-state index contributed by atoms with van der Waals surface area (Å²) in [5.74, 6) is 0.690. The molecule has 1 aliphatic heterocycles. The molecule has 0 radical (unpaired) electrons. The highest BCUT2D eigenvalue weighted by Crippen LogP contribution is 2.31. The number of benzene rings is 2. The SMILES string of the molecule is COC(=O)CC(c1ccc(F)cc1)n1ccc2cc(OCCc3ccc4c(n3)N(C(=O)OC(C)(C)C)CCC4)ccc21. The van der Waals surface area contributed by atoms with Crippen LogP contribution in [-0.4, -0.2) is 47.5 Å². The van der Waals surface area contributed by atoms with Gasteiger partial charge < -0.3 is 18.8 Å². The normalized spacial score (nSPS) is 13.9. The van der Waals surface area contributed by atoms with E-state index in [4.69, 9.17) is 19.2 Å². The molecule has 0 bridgehead atoms. The lowest BCUT2D eigenvalue weighted by atomic mass is 10.0. The molecule has 0 saturated carbocycles. The van der Waals surface area contributed by atoms with Crippen LogP contribution in [0, 0.1) is 5.82 Å². The lowest BCUT2D eigenvalue weighted by Crippen LogP contribution is -2.40. The van der Waals surface area contributed by atoms with Crippen LogP contribution < -0.4 is 9.64 Å². The van der Waals surface area contributed by atoms with Crippen LogP contribution in [-0.2, 0) is 27.1 Å². The second kappa shape index (κ2) is 12.2. The summed E-state index contributed by atoms with van der Waals surface area (Å²) in [4.78, 5) is 31.4. The van der Waals surface area contributed by atoms with Gasteiger partial charge in [0.15, 0.2) is 0 Å². The molecule has 3 heterocycles. The fourth-order valence-electron chi connectivity index (χ4n) is 5.19. The van der Waals surface area contributed by atoms with E-state index >= 15 is 0 Å². The maximum Gasteiger partial charge on any atom is 0.416 e. The van der Waals surface area contributed by atoms with Crippen LogP contribution in [0.25, 0.3) is 10.9 Å². The van der Waals surface area contributed by atoms with Crippen molar-refractivity contribution in [2.24, 2.45) is 0 Å². The largest absolute Gasteiger partial charge is 0.493 e. The number of carbonyl (C=O) groups is 2. The van der Waals surface area contributed by atoms with Crippen molar-refractivity contribution in [3.63, 3.8) is 0 Å². The van der Waals surface area contributed by atoms with Gasteiger partial charge in [-0.1, -0.05) is 18.2 Å². The quantitative estimate of drug-likeness (QED) is 0.220. The van der Waals surface area contributed by atoms with E-state index in [9.17, 15) is 14.0 Å². The number of nitrogens with zero attached hydrogens (tertiary/aromatic N) is 3. The number of fused-ring (bicyclic) bond motifs is 2. The zero-order chi connectivity index (χ0) is 29.9. The molecule has 220 valence electrons. The summed E-state index contributed by atoms with van der Waals surface area (Å²) >= 11 is 0. The molecule has 1 atom stereocenters. The monoisotopic (exact) mass is 573 g/mol. The molecule has 0 spiro atoms. The Morgan fingerprint density at radius 3 is 2.57 bits per heavy atom. The molecule has 2 aromatic carbocycles. The third-order valence-corrected chi connectivity index (χ3v) is 7.21. The number of hydrogen-bond donors (Lipinski definition) is 0. The lowest BCUT2D eigenvalue weighted by molar-refractivity contribution is -0.141. The first-order chi connectivity index (χ1) is 20.1. The molecule has 4 aromatic rings. The fraction of sp³-hybridized carbons (Fsp3) is 0.364. The first-order valence-electron chi connectivity index (χ1n) is 14.2. The van der Waals surface area contributed by atoms with Crippen LogP contribution in [0.15, 0.2) is 66.9 Å². The first-order valence-corrected chi connectivity index (χ1v) is 14.2. The van der Waals surface area contributed by atoms with E-state index in [-0.39, 0.29) is 30.3 Å². The Kier molecular flexibility index (Phi) is 8.47. The molecule has 0 fully saturated rings. The number of aromatic nitrogens is 2. The van der Waals surface area contributed by atoms with Gasteiger partial charge >= 0.3 is 12.1 Å². The Balaban J connectivity index is 1.28. The van der Waals surface area contributed by atoms with Crippen LogP contribution in [0.4, 0.5) is 15.0 Å². The molecule has 8 nitrogen and oxygen atoms in total. The predicted octanol–water partition coefficient (Wildman–Crippen LogP) is 6.64. The van der Waals surface area contributed by atoms with E-state index in [1.54, 1.807) is 17.0 Å². The van der Waals surface area contributed by atoms with Crippen molar-refractivity contribution >= 4 is 28.8 Å². The summed E-state index contributed by atoms with van der Waals surface area (Å²) < 4.78 is 32.2. The number of pyridine rings is 1. The van der Waals surface area contributed by atoms with Crippen molar-refractivity contribution in [2.75, 3.05) is 25.2 Å². The third kappa shape index (κ3) is 6.73. The Hall–Kier alpha value is -4.40.